The van der Waals surface area contributed by atoms with Gasteiger partial charge in [0.25, 0.3) is 0 Å². The summed E-state index contributed by atoms with van der Waals surface area (Å²) in [5, 5.41) is 0. The van der Waals surface area contributed by atoms with Gasteiger partial charge in [-0.05, 0) is 0 Å². The zero-order valence-electron chi connectivity index (χ0n) is 6.03. The third kappa shape index (κ3) is 0.674. The minimum Gasteiger partial charge on any atom is -0.421 e. The van der Waals surface area contributed by atoms with Gasteiger partial charge in [0.2, 0.25) is 11.7 Å². The van der Waals surface area contributed by atoms with Crippen LogP contribution < -0.4 is 11.5 Å². The van der Waals surface area contributed by atoms with E-state index in [1.165, 1.54) is 0 Å². The predicted octanol–water partition coefficient (Wildman–Crippen LogP) is 0.331. The molecule has 0 radical (unpaired) electrons. The molecule has 0 aliphatic rings. The van der Waals surface area contributed by atoms with Crippen LogP contribution in [0.3, 0.4) is 0 Å². The maximum atomic E-state index is 5.50. The fraction of sp³-hybridized carbons (Fsp3) is 0.167. The van der Waals surface area contributed by atoms with Crippen molar-refractivity contribution in [1.82, 2.24) is 9.55 Å². The highest BCUT2D eigenvalue weighted by atomic mass is 16.4. The Morgan fingerprint density at radius 1 is 1.55 bits per heavy atom. The van der Waals surface area contributed by atoms with Gasteiger partial charge in [-0.3, -0.25) is 0 Å². The summed E-state index contributed by atoms with van der Waals surface area (Å²) in [6, 6.07) is 1.69. The fourth-order valence-electron chi connectivity index (χ4n) is 1.01. The first-order chi connectivity index (χ1) is 5.18. The second-order valence-corrected chi connectivity index (χ2v) is 2.37. The maximum Gasteiger partial charge on any atom is 0.248 e. The lowest BCUT2D eigenvalue weighted by Gasteiger charge is -1.90. The first-order valence-electron chi connectivity index (χ1n) is 3.15. The number of fused-ring (bicyclic) bond motifs is 1. The Kier molecular flexibility index (Phi) is 0.934. The van der Waals surface area contributed by atoms with Crippen molar-refractivity contribution >= 4 is 23.1 Å². The van der Waals surface area contributed by atoms with Crippen molar-refractivity contribution in [2.24, 2.45) is 7.05 Å². The molecule has 2 aromatic heterocycles. The molecule has 0 aliphatic carbocycles. The van der Waals surface area contributed by atoms with Gasteiger partial charge >= 0.3 is 0 Å². The van der Waals surface area contributed by atoms with Crippen molar-refractivity contribution in [2.45, 2.75) is 0 Å². The van der Waals surface area contributed by atoms with E-state index in [1.54, 1.807) is 17.7 Å². The third-order valence-electron chi connectivity index (χ3n) is 1.63. The van der Waals surface area contributed by atoms with E-state index in [1.807, 2.05) is 0 Å². The molecule has 0 atom stereocenters. The molecular formula is C6H8N4O. The van der Waals surface area contributed by atoms with E-state index in [0.29, 0.717) is 17.5 Å². The molecule has 0 aliphatic heterocycles. The van der Waals surface area contributed by atoms with E-state index in [-0.39, 0.29) is 0 Å². The van der Waals surface area contributed by atoms with Crippen LogP contribution in [-0.2, 0) is 7.05 Å². The van der Waals surface area contributed by atoms with E-state index in [0.717, 1.165) is 5.52 Å². The summed E-state index contributed by atoms with van der Waals surface area (Å²) < 4.78 is 6.75. The van der Waals surface area contributed by atoms with Crippen LogP contribution in [0.15, 0.2) is 10.5 Å². The van der Waals surface area contributed by atoms with Gasteiger partial charge in [0.05, 0.1) is 0 Å². The van der Waals surface area contributed by atoms with Crippen molar-refractivity contribution in [3.8, 4) is 0 Å². The zero-order valence-corrected chi connectivity index (χ0v) is 6.03. The topological polar surface area (TPSA) is 83.0 Å². The van der Waals surface area contributed by atoms with Crippen molar-refractivity contribution in [3.63, 3.8) is 0 Å². The molecule has 5 heteroatoms. The van der Waals surface area contributed by atoms with Crippen molar-refractivity contribution in [3.05, 3.63) is 6.07 Å². The molecule has 0 saturated carbocycles. The molecule has 0 bridgehead atoms. The molecule has 0 spiro atoms. The number of nitrogens with two attached hydrogens (primary N) is 2. The highest BCUT2D eigenvalue weighted by molar-refractivity contribution is 5.76. The van der Waals surface area contributed by atoms with Crippen molar-refractivity contribution in [2.75, 3.05) is 11.5 Å². The first-order valence-corrected chi connectivity index (χ1v) is 3.15. The van der Waals surface area contributed by atoms with Crippen LogP contribution in [-0.4, -0.2) is 9.55 Å². The standard InChI is InChI=1S/C6H8N4O/c1-10-3-2-4(7)11-5(3)9-6(10)8/h2H,7H2,1H3,(H2,8,9). The largest absolute Gasteiger partial charge is 0.421 e. The second kappa shape index (κ2) is 1.69. The van der Waals surface area contributed by atoms with Crippen LogP contribution in [0, 0.1) is 0 Å². The Morgan fingerprint density at radius 3 is 2.91 bits per heavy atom. The number of rotatable bonds is 0. The average Bonchev–Trinajstić information content (AvgIpc) is 2.37. The summed E-state index contributed by atoms with van der Waals surface area (Å²) in [7, 11) is 1.81. The summed E-state index contributed by atoms with van der Waals surface area (Å²) in [4.78, 5) is 3.93. The number of imidazole rings is 1. The van der Waals surface area contributed by atoms with Gasteiger partial charge in [0.15, 0.2) is 5.88 Å². The smallest absolute Gasteiger partial charge is 0.248 e. The lowest BCUT2D eigenvalue weighted by molar-refractivity contribution is 0.626. The van der Waals surface area contributed by atoms with Crippen LogP contribution in [0.1, 0.15) is 0 Å². The predicted molar refractivity (Wildman–Crippen MR) is 41.8 cm³/mol. The number of furan rings is 1. The minimum absolute atomic E-state index is 0.359. The van der Waals surface area contributed by atoms with Crippen LogP contribution in [0.2, 0.25) is 0 Å². The Labute approximate surface area is 62.6 Å². The van der Waals surface area contributed by atoms with Gasteiger partial charge in [-0.1, -0.05) is 0 Å². The number of nitrogen functional groups attached to an aromatic ring is 2. The number of hydrogen-bond donors (Lipinski definition) is 2. The lowest BCUT2D eigenvalue weighted by Crippen LogP contribution is -1.96. The molecule has 0 fully saturated rings. The molecule has 2 rings (SSSR count). The number of aromatic nitrogens is 2. The monoisotopic (exact) mass is 152 g/mol. The van der Waals surface area contributed by atoms with Crippen LogP contribution in [0.25, 0.3) is 11.2 Å². The molecule has 0 aromatic carbocycles. The van der Waals surface area contributed by atoms with Gasteiger partial charge in [-0.25, -0.2) is 0 Å². The SMILES string of the molecule is Cn1c(N)nc2oc(N)cc21. The Balaban J connectivity index is 2.88. The average molecular weight is 152 g/mol. The summed E-state index contributed by atoms with van der Waals surface area (Å²) in [5.41, 5.74) is 12.2. The molecule has 0 saturated heterocycles. The normalized spacial score (nSPS) is 11.0. The molecule has 2 heterocycles. The van der Waals surface area contributed by atoms with E-state index in [9.17, 15) is 0 Å². The number of nitrogens with zero attached hydrogens (tertiary/aromatic N) is 2. The van der Waals surface area contributed by atoms with E-state index in [2.05, 4.69) is 4.98 Å². The second-order valence-electron chi connectivity index (χ2n) is 2.37. The van der Waals surface area contributed by atoms with Gasteiger partial charge < -0.3 is 20.5 Å². The Hall–Kier alpha value is -1.65. The summed E-state index contributed by atoms with van der Waals surface area (Å²) in [5.74, 6) is 0.789. The van der Waals surface area contributed by atoms with E-state index in [4.69, 9.17) is 15.9 Å². The maximum absolute atomic E-state index is 5.50. The van der Waals surface area contributed by atoms with Gasteiger partial charge in [0, 0.05) is 13.1 Å². The molecule has 4 N–H and O–H groups in total. The summed E-state index contributed by atoms with van der Waals surface area (Å²) in [6.07, 6.45) is 0. The number of hydrogen-bond acceptors (Lipinski definition) is 4. The third-order valence-corrected chi connectivity index (χ3v) is 1.63. The van der Waals surface area contributed by atoms with Crippen LogP contribution >= 0.6 is 0 Å². The number of anilines is 2. The quantitative estimate of drug-likeness (QED) is 0.569. The molecule has 11 heavy (non-hydrogen) atoms. The first kappa shape index (κ1) is 6.09. The van der Waals surface area contributed by atoms with Crippen LogP contribution in [0.5, 0.6) is 0 Å². The molecule has 2 aromatic rings. The fourth-order valence-corrected chi connectivity index (χ4v) is 1.01. The van der Waals surface area contributed by atoms with Gasteiger partial charge in [0.1, 0.15) is 5.52 Å². The minimum atomic E-state index is 0.359. The highest BCUT2D eigenvalue weighted by Gasteiger charge is 2.08. The van der Waals surface area contributed by atoms with Crippen molar-refractivity contribution in [1.29, 1.82) is 0 Å². The molecule has 0 unspecified atom stereocenters. The highest BCUT2D eigenvalue weighted by Crippen LogP contribution is 2.21. The molecule has 5 nitrogen and oxygen atoms in total. The number of aryl methyl sites for hydroxylation is 1. The van der Waals surface area contributed by atoms with Crippen LogP contribution in [0.4, 0.5) is 11.8 Å². The Morgan fingerprint density at radius 2 is 2.27 bits per heavy atom. The summed E-state index contributed by atoms with van der Waals surface area (Å²) >= 11 is 0. The molecular weight excluding hydrogens is 144 g/mol. The van der Waals surface area contributed by atoms with E-state index >= 15 is 0 Å². The molecule has 58 valence electrons. The lowest BCUT2D eigenvalue weighted by atomic mass is 10.5. The van der Waals surface area contributed by atoms with Gasteiger partial charge in [-0.2, -0.15) is 4.98 Å². The molecule has 0 amide bonds. The zero-order chi connectivity index (χ0) is 8.01. The Bertz CT molecular complexity index is 400. The van der Waals surface area contributed by atoms with Gasteiger partial charge in [-0.15, -0.1) is 0 Å². The van der Waals surface area contributed by atoms with E-state index < -0.39 is 0 Å². The van der Waals surface area contributed by atoms with Crippen molar-refractivity contribution < 1.29 is 4.42 Å². The summed E-state index contributed by atoms with van der Waals surface area (Å²) in [6.45, 7) is 0.